The van der Waals surface area contributed by atoms with E-state index in [2.05, 4.69) is 15.0 Å². The average Bonchev–Trinajstić information content (AvgIpc) is 3.15. The first kappa shape index (κ1) is 19.2. The molecule has 0 radical (unpaired) electrons. The van der Waals surface area contributed by atoms with E-state index in [0.29, 0.717) is 28.4 Å². The lowest BCUT2D eigenvalue weighted by atomic mass is 10.1. The summed E-state index contributed by atoms with van der Waals surface area (Å²) in [6.07, 6.45) is 0. The highest BCUT2D eigenvalue weighted by atomic mass is 32.2. The van der Waals surface area contributed by atoms with Gasteiger partial charge in [-0.2, -0.15) is 0 Å². The van der Waals surface area contributed by atoms with Crippen molar-refractivity contribution in [2.45, 2.75) is 11.8 Å². The van der Waals surface area contributed by atoms with E-state index in [0.717, 1.165) is 5.56 Å². The van der Waals surface area contributed by atoms with Gasteiger partial charge in [0.15, 0.2) is 11.7 Å². The molecule has 2 heterocycles. The van der Waals surface area contributed by atoms with Crippen LogP contribution in [-0.2, 0) is 14.8 Å². The third-order valence-electron chi connectivity index (χ3n) is 4.31. The van der Waals surface area contributed by atoms with Gasteiger partial charge in [0.1, 0.15) is 11.5 Å². The fourth-order valence-electron chi connectivity index (χ4n) is 2.89. The quantitative estimate of drug-likeness (QED) is 0.642. The molecule has 2 aromatic carbocycles. The van der Waals surface area contributed by atoms with Crippen LogP contribution in [0.4, 0.5) is 10.8 Å². The molecule has 0 saturated heterocycles. The summed E-state index contributed by atoms with van der Waals surface area (Å²) in [6, 6.07) is 9.92. The van der Waals surface area contributed by atoms with E-state index in [4.69, 9.17) is 9.47 Å². The molecule has 4 rings (SSSR count). The molecule has 1 aliphatic heterocycles. The number of hydrogen-bond acceptors (Lipinski definition) is 7. The smallest absolute Gasteiger partial charge is 0.263 e. The summed E-state index contributed by atoms with van der Waals surface area (Å²) in [4.78, 5) is 16.0. The molecule has 150 valence electrons. The van der Waals surface area contributed by atoms with Gasteiger partial charge in [-0.05, 0) is 48.9 Å². The van der Waals surface area contributed by atoms with E-state index >= 15 is 0 Å². The number of sulfonamides is 1. The number of benzene rings is 2. The first-order valence-corrected chi connectivity index (χ1v) is 10.9. The predicted molar refractivity (Wildman–Crippen MR) is 110 cm³/mol. The molecule has 1 amide bonds. The molecule has 0 bridgehead atoms. The summed E-state index contributed by atoms with van der Waals surface area (Å²) >= 11 is 1.17. The Morgan fingerprint density at radius 3 is 2.83 bits per heavy atom. The normalized spacial score (nSPS) is 13.2. The number of thiazole rings is 1. The summed E-state index contributed by atoms with van der Waals surface area (Å²) in [5, 5.41) is 4.72. The number of carbonyl (C=O) groups is 1. The van der Waals surface area contributed by atoms with Crippen molar-refractivity contribution >= 4 is 38.1 Å². The molecule has 2 N–H and O–H groups in total. The minimum absolute atomic E-state index is 0.0141. The third kappa shape index (κ3) is 3.89. The minimum atomic E-state index is -3.79. The molecule has 0 aliphatic carbocycles. The molecule has 29 heavy (non-hydrogen) atoms. The predicted octanol–water partition coefficient (Wildman–Crippen LogP) is 3.26. The Kier molecular flexibility index (Phi) is 4.89. The number of ether oxygens (including phenoxy) is 2. The van der Waals surface area contributed by atoms with Gasteiger partial charge >= 0.3 is 0 Å². The van der Waals surface area contributed by atoms with Crippen molar-refractivity contribution in [3.05, 3.63) is 47.3 Å². The van der Waals surface area contributed by atoms with Crippen LogP contribution >= 0.6 is 11.3 Å². The third-order valence-corrected chi connectivity index (χ3v) is 6.53. The largest absolute Gasteiger partial charge is 0.496 e. The van der Waals surface area contributed by atoms with E-state index in [-0.39, 0.29) is 22.5 Å². The number of hydrogen-bond donors (Lipinski definition) is 2. The number of aryl methyl sites for hydroxylation is 1. The van der Waals surface area contributed by atoms with Crippen molar-refractivity contribution in [1.82, 2.24) is 4.98 Å². The molecule has 3 aromatic rings. The maximum Gasteiger partial charge on any atom is 0.263 e. The number of nitrogens with one attached hydrogen (secondary N) is 2. The van der Waals surface area contributed by atoms with Gasteiger partial charge in [-0.3, -0.25) is 9.52 Å². The van der Waals surface area contributed by atoms with Gasteiger partial charge in [0, 0.05) is 10.9 Å². The number of fused-ring (bicyclic) bond motifs is 1. The second-order valence-corrected chi connectivity index (χ2v) is 8.86. The summed E-state index contributed by atoms with van der Waals surface area (Å²) in [5.74, 6) is 0.972. The Balaban J connectivity index is 1.57. The molecule has 1 aromatic heterocycles. The van der Waals surface area contributed by atoms with Gasteiger partial charge in [-0.1, -0.05) is 0 Å². The first-order chi connectivity index (χ1) is 13.9. The van der Waals surface area contributed by atoms with Crippen molar-refractivity contribution in [3.8, 4) is 22.8 Å². The van der Waals surface area contributed by atoms with Crippen LogP contribution in [0.3, 0.4) is 0 Å². The van der Waals surface area contributed by atoms with E-state index < -0.39 is 10.0 Å². The Hall–Kier alpha value is -3.11. The lowest BCUT2D eigenvalue weighted by Gasteiger charge is -2.18. The minimum Gasteiger partial charge on any atom is -0.496 e. The maximum atomic E-state index is 12.7. The Morgan fingerprint density at radius 1 is 1.24 bits per heavy atom. The number of carbonyl (C=O) groups excluding carboxylic acids is 1. The van der Waals surface area contributed by atoms with E-state index in [1.165, 1.54) is 24.5 Å². The molecular formula is C19H17N3O5S2. The summed E-state index contributed by atoms with van der Waals surface area (Å²) in [5.41, 5.74) is 2.59. The summed E-state index contributed by atoms with van der Waals surface area (Å²) < 4.78 is 38.4. The standard InChI is InChI=1S/C19H17N3O5S2/c1-11-7-13(4-6-16(11)26-2)29(24,25)22-19-21-15(10-28-19)12-3-5-17-14(8-12)20-18(23)9-27-17/h3-8,10H,9H2,1-2H3,(H,20,23)(H,21,22). The zero-order chi connectivity index (χ0) is 20.6. The number of methoxy groups -OCH3 is 1. The van der Waals surface area contributed by atoms with Crippen molar-refractivity contribution in [1.29, 1.82) is 0 Å². The lowest BCUT2D eigenvalue weighted by Crippen LogP contribution is -2.25. The van der Waals surface area contributed by atoms with Gasteiger partial charge in [-0.25, -0.2) is 13.4 Å². The first-order valence-electron chi connectivity index (χ1n) is 8.56. The van der Waals surface area contributed by atoms with Crippen LogP contribution in [0.15, 0.2) is 46.7 Å². The number of amides is 1. The fraction of sp³-hybridized carbons (Fsp3) is 0.158. The van der Waals surface area contributed by atoms with E-state index in [1.54, 1.807) is 42.6 Å². The second-order valence-electron chi connectivity index (χ2n) is 6.32. The van der Waals surface area contributed by atoms with Gasteiger partial charge in [0.25, 0.3) is 15.9 Å². The highest BCUT2D eigenvalue weighted by molar-refractivity contribution is 7.93. The van der Waals surface area contributed by atoms with Crippen LogP contribution in [0.5, 0.6) is 11.5 Å². The van der Waals surface area contributed by atoms with Crippen LogP contribution < -0.4 is 19.5 Å². The van der Waals surface area contributed by atoms with Crippen LogP contribution in [0.25, 0.3) is 11.3 Å². The molecule has 8 nitrogen and oxygen atoms in total. The summed E-state index contributed by atoms with van der Waals surface area (Å²) in [7, 11) is -2.25. The van der Waals surface area contributed by atoms with Crippen molar-refractivity contribution < 1.29 is 22.7 Å². The fourth-order valence-corrected chi connectivity index (χ4v) is 4.94. The molecule has 10 heteroatoms. The van der Waals surface area contributed by atoms with Gasteiger partial charge < -0.3 is 14.8 Å². The van der Waals surface area contributed by atoms with Crippen molar-refractivity contribution in [3.63, 3.8) is 0 Å². The molecular weight excluding hydrogens is 414 g/mol. The van der Waals surface area contributed by atoms with Crippen LogP contribution in [-0.4, -0.2) is 33.0 Å². The van der Waals surface area contributed by atoms with Gasteiger partial charge in [-0.15, -0.1) is 11.3 Å². The molecule has 1 aliphatic rings. The lowest BCUT2D eigenvalue weighted by molar-refractivity contribution is -0.118. The Morgan fingerprint density at radius 2 is 2.07 bits per heavy atom. The number of aromatic nitrogens is 1. The monoisotopic (exact) mass is 431 g/mol. The van der Waals surface area contributed by atoms with Crippen LogP contribution in [0, 0.1) is 6.92 Å². The SMILES string of the molecule is COc1ccc(S(=O)(=O)Nc2nc(-c3ccc4c(c3)NC(=O)CO4)cs2)cc1C. The van der Waals surface area contributed by atoms with Crippen molar-refractivity contribution in [2.75, 3.05) is 23.8 Å². The summed E-state index contributed by atoms with van der Waals surface area (Å²) in [6.45, 7) is 1.76. The topological polar surface area (TPSA) is 107 Å². The number of anilines is 2. The Labute approximate surface area is 171 Å². The molecule has 0 saturated carbocycles. The molecule has 0 unspecified atom stereocenters. The highest BCUT2D eigenvalue weighted by Crippen LogP contribution is 2.34. The zero-order valence-electron chi connectivity index (χ0n) is 15.6. The van der Waals surface area contributed by atoms with Gasteiger partial charge in [0.2, 0.25) is 0 Å². The molecule has 0 spiro atoms. The highest BCUT2D eigenvalue weighted by Gasteiger charge is 2.19. The van der Waals surface area contributed by atoms with Gasteiger partial charge in [0.05, 0.1) is 23.4 Å². The van der Waals surface area contributed by atoms with E-state index in [9.17, 15) is 13.2 Å². The van der Waals surface area contributed by atoms with Crippen molar-refractivity contribution in [2.24, 2.45) is 0 Å². The van der Waals surface area contributed by atoms with Crippen LogP contribution in [0.2, 0.25) is 0 Å². The number of rotatable bonds is 5. The zero-order valence-corrected chi connectivity index (χ0v) is 17.2. The van der Waals surface area contributed by atoms with E-state index in [1.807, 2.05) is 0 Å². The van der Waals surface area contributed by atoms with Crippen LogP contribution in [0.1, 0.15) is 5.56 Å². The number of nitrogens with zero attached hydrogens (tertiary/aromatic N) is 1. The Bertz CT molecular complexity index is 1200. The average molecular weight is 431 g/mol. The maximum absolute atomic E-state index is 12.7. The molecule has 0 atom stereocenters. The second kappa shape index (κ2) is 7.37. The molecule has 0 fully saturated rings.